The van der Waals surface area contributed by atoms with Gasteiger partial charge in [-0.05, 0) is 12.8 Å². The van der Waals surface area contributed by atoms with E-state index in [-0.39, 0.29) is 23.7 Å². The lowest BCUT2D eigenvalue weighted by atomic mass is 9.92. The molecule has 0 aromatic carbocycles. The zero-order chi connectivity index (χ0) is 14.7. The Morgan fingerprint density at radius 1 is 1.21 bits per heavy atom. The van der Waals surface area contributed by atoms with Crippen LogP contribution in [0.4, 0.5) is 0 Å². The zero-order valence-corrected chi connectivity index (χ0v) is 12.3. The second-order valence-corrected chi connectivity index (χ2v) is 4.67. The molecule has 6 nitrogen and oxygen atoms in total. The minimum Gasteiger partial charge on any atom is -0.383 e. The maximum Gasteiger partial charge on any atom is 0.223 e. The van der Waals surface area contributed by atoms with Crippen LogP contribution in [0.2, 0.25) is 0 Å². The van der Waals surface area contributed by atoms with Gasteiger partial charge in [0.25, 0.3) is 0 Å². The van der Waals surface area contributed by atoms with Crippen LogP contribution in [-0.2, 0) is 14.3 Å². The Hall–Kier alpha value is -1.14. The molecule has 0 fully saturated rings. The monoisotopic (exact) mass is 274 g/mol. The smallest absolute Gasteiger partial charge is 0.223 e. The van der Waals surface area contributed by atoms with E-state index >= 15 is 0 Å². The van der Waals surface area contributed by atoms with Crippen LogP contribution in [-0.4, -0.2) is 45.2 Å². The van der Waals surface area contributed by atoms with E-state index in [1.807, 2.05) is 13.8 Å². The van der Waals surface area contributed by atoms with E-state index in [0.29, 0.717) is 32.7 Å². The van der Waals surface area contributed by atoms with Crippen LogP contribution >= 0.6 is 0 Å². The molecule has 0 heterocycles. The summed E-state index contributed by atoms with van der Waals surface area (Å²) >= 11 is 0. The van der Waals surface area contributed by atoms with Gasteiger partial charge in [0.15, 0.2) is 0 Å². The minimum atomic E-state index is -0.162. The molecule has 112 valence electrons. The highest BCUT2D eigenvalue weighted by Crippen LogP contribution is 2.16. The second-order valence-electron chi connectivity index (χ2n) is 4.67. The lowest BCUT2D eigenvalue weighted by Crippen LogP contribution is -2.55. The Morgan fingerprint density at radius 3 is 2.37 bits per heavy atom. The van der Waals surface area contributed by atoms with E-state index in [4.69, 9.17) is 4.74 Å². The van der Waals surface area contributed by atoms with Crippen LogP contribution in [0.3, 0.4) is 0 Å². The Labute approximate surface area is 115 Å². The van der Waals surface area contributed by atoms with E-state index in [1.54, 1.807) is 7.11 Å². The summed E-state index contributed by atoms with van der Waals surface area (Å²) in [6.07, 6.45) is 1.30. The average Bonchev–Trinajstić information content (AvgIpc) is 2.41. The van der Waals surface area contributed by atoms with Crippen molar-refractivity contribution in [1.29, 1.82) is 0 Å². The first-order valence-corrected chi connectivity index (χ1v) is 6.90. The van der Waals surface area contributed by atoms with Gasteiger partial charge in [-0.25, -0.2) is 0 Å². The summed E-state index contributed by atoms with van der Waals surface area (Å²) < 4.78 is 4.88. The van der Waals surface area contributed by atoms with Crippen molar-refractivity contribution >= 4 is 11.8 Å². The first-order chi connectivity index (χ1) is 9.06. The third kappa shape index (κ3) is 7.79. The van der Waals surface area contributed by atoms with Gasteiger partial charge in [0, 0.05) is 25.5 Å². The first-order valence-electron chi connectivity index (χ1n) is 6.90. The number of ether oxygens (including phenoxy) is 1. The summed E-state index contributed by atoms with van der Waals surface area (Å²) in [5, 5.41) is 5.62. The Bertz CT molecular complexity index is 272. The fraction of sp³-hybridized carbons (Fsp3) is 0.846. The second kappa shape index (κ2) is 10.8. The zero-order valence-electron chi connectivity index (χ0n) is 12.3. The summed E-state index contributed by atoms with van der Waals surface area (Å²) in [6, 6.07) is 0. The molecule has 0 spiro atoms. The molecule has 0 aromatic rings. The van der Waals surface area contributed by atoms with Crippen LogP contribution in [0.25, 0.3) is 0 Å². The van der Waals surface area contributed by atoms with E-state index in [0.717, 1.165) is 6.42 Å². The van der Waals surface area contributed by atoms with Crippen molar-refractivity contribution in [1.82, 2.24) is 10.6 Å². The van der Waals surface area contributed by atoms with E-state index in [9.17, 15) is 9.59 Å². The largest absolute Gasteiger partial charge is 0.383 e. The number of methoxy groups -OCH3 is 1. The maximum absolute atomic E-state index is 11.9. The molecular formula is C13H28N3O3+. The normalized spacial score (nSPS) is 13.7. The van der Waals surface area contributed by atoms with Gasteiger partial charge in [-0.1, -0.05) is 13.8 Å². The number of amides is 2. The molecule has 0 bridgehead atoms. The lowest BCUT2D eigenvalue weighted by molar-refractivity contribution is -0.364. The van der Waals surface area contributed by atoms with E-state index in [2.05, 4.69) is 16.4 Å². The van der Waals surface area contributed by atoms with Crippen LogP contribution in [0, 0.1) is 11.8 Å². The molecule has 0 aromatic heterocycles. The minimum absolute atomic E-state index is 0.00337. The van der Waals surface area contributed by atoms with Gasteiger partial charge in [-0.15, -0.1) is 0 Å². The molecule has 6 heteroatoms. The van der Waals surface area contributed by atoms with Crippen molar-refractivity contribution in [3.63, 3.8) is 0 Å². The summed E-state index contributed by atoms with van der Waals surface area (Å²) in [5.41, 5.74) is 3.67. The molecule has 0 saturated carbocycles. The van der Waals surface area contributed by atoms with Gasteiger partial charge in [0.05, 0.1) is 19.7 Å². The highest BCUT2D eigenvalue weighted by atomic mass is 16.5. The van der Waals surface area contributed by atoms with Crippen molar-refractivity contribution in [2.24, 2.45) is 11.8 Å². The standard InChI is InChI=1S/C13H27N3O3/c1-4-11(13(18)16-7-8-19-3)9-10(2)12(17)15-6-5-14/h10-11H,4-9,14H2,1-3H3,(H,15,17)(H,16,18)/p+1. The van der Waals surface area contributed by atoms with Gasteiger partial charge in [0.2, 0.25) is 11.8 Å². The third-order valence-corrected chi connectivity index (χ3v) is 3.03. The molecule has 2 amide bonds. The fourth-order valence-corrected chi connectivity index (χ4v) is 1.80. The van der Waals surface area contributed by atoms with Crippen molar-refractivity contribution in [3.8, 4) is 0 Å². The number of carbonyl (C=O) groups excluding carboxylic acids is 2. The Morgan fingerprint density at radius 2 is 1.84 bits per heavy atom. The van der Waals surface area contributed by atoms with Crippen LogP contribution in [0.15, 0.2) is 0 Å². The van der Waals surface area contributed by atoms with Crippen molar-refractivity contribution in [2.45, 2.75) is 26.7 Å². The van der Waals surface area contributed by atoms with Gasteiger partial charge in [-0.2, -0.15) is 0 Å². The predicted octanol–water partition coefficient (Wildman–Crippen LogP) is -0.840. The molecule has 19 heavy (non-hydrogen) atoms. The topological polar surface area (TPSA) is 95.1 Å². The quantitative estimate of drug-likeness (QED) is 0.453. The number of quaternary nitrogens is 1. The van der Waals surface area contributed by atoms with E-state index in [1.165, 1.54) is 0 Å². The molecule has 0 aliphatic heterocycles. The summed E-state index contributed by atoms with van der Waals surface area (Å²) in [7, 11) is 1.60. The average molecular weight is 274 g/mol. The molecular weight excluding hydrogens is 246 g/mol. The van der Waals surface area contributed by atoms with Crippen LogP contribution < -0.4 is 16.4 Å². The maximum atomic E-state index is 11.9. The van der Waals surface area contributed by atoms with Crippen molar-refractivity contribution in [2.75, 3.05) is 33.4 Å². The molecule has 0 radical (unpaired) electrons. The van der Waals surface area contributed by atoms with Crippen LogP contribution in [0.1, 0.15) is 26.7 Å². The van der Waals surface area contributed by atoms with Crippen molar-refractivity contribution in [3.05, 3.63) is 0 Å². The molecule has 0 aliphatic rings. The highest BCUT2D eigenvalue weighted by molar-refractivity contribution is 5.81. The number of rotatable bonds is 10. The first kappa shape index (κ1) is 17.9. The molecule has 0 saturated heterocycles. The lowest BCUT2D eigenvalue weighted by Gasteiger charge is -2.18. The molecule has 2 unspecified atom stereocenters. The fourth-order valence-electron chi connectivity index (χ4n) is 1.80. The van der Waals surface area contributed by atoms with Gasteiger partial charge >= 0.3 is 0 Å². The van der Waals surface area contributed by atoms with Gasteiger partial charge in [0.1, 0.15) is 0 Å². The van der Waals surface area contributed by atoms with Crippen LogP contribution in [0.5, 0.6) is 0 Å². The van der Waals surface area contributed by atoms with Crippen molar-refractivity contribution < 1.29 is 20.1 Å². The molecule has 0 rings (SSSR count). The number of hydrogen-bond donors (Lipinski definition) is 3. The summed E-state index contributed by atoms with van der Waals surface area (Å²) in [6.45, 7) is 6.08. The molecule has 0 aliphatic carbocycles. The van der Waals surface area contributed by atoms with Gasteiger partial charge in [-0.3, -0.25) is 9.59 Å². The van der Waals surface area contributed by atoms with E-state index < -0.39 is 0 Å². The third-order valence-electron chi connectivity index (χ3n) is 3.03. The number of nitrogens with one attached hydrogen (secondary N) is 2. The SMILES string of the molecule is CCC(CC(C)C(=O)NCC[NH3+])C(=O)NCCOC. The number of hydrogen-bond acceptors (Lipinski definition) is 3. The highest BCUT2D eigenvalue weighted by Gasteiger charge is 2.22. The Kier molecular flexibility index (Phi) is 10.1. The molecule has 5 N–H and O–H groups in total. The predicted molar refractivity (Wildman–Crippen MR) is 73.2 cm³/mol. The Balaban J connectivity index is 4.15. The number of carbonyl (C=O) groups is 2. The summed E-state index contributed by atoms with van der Waals surface area (Å²) in [5.74, 6) is -0.301. The molecule has 2 atom stereocenters. The summed E-state index contributed by atoms with van der Waals surface area (Å²) in [4.78, 5) is 23.7. The van der Waals surface area contributed by atoms with Gasteiger partial charge < -0.3 is 21.1 Å².